The van der Waals surface area contributed by atoms with Gasteiger partial charge in [-0.25, -0.2) is 28.1 Å². The van der Waals surface area contributed by atoms with E-state index in [2.05, 4.69) is 19.9 Å². The molecule has 2 aromatic heterocycles. The molecule has 3 aromatic rings. The summed E-state index contributed by atoms with van der Waals surface area (Å²) in [6.07, 6.45) is 4.23. The Kier molecular flexibility index (Phi) is 6.30. The maximum atomic E-state index is 15.7. The first-order chi connectivity index (χ1) is 17.3. The zero-order chi connectivity index (χ0) is 25.4. The molecule has 188 valence electrons. The third kappa shape index (κ3) is 4.48. The Hall–Kier alpha value is -3.65. The summed E-state index contributed by atoms with van der Waals surface area (Å²) in [6, 6.07) is 6.60. The Labute approximate surface area is 207 Å². The van der Waals surface area contributed by atoms with Crippen LogP contribution in [0.3, 0.4) is 0 Å². The summed E-state index contributed by atoms with van der Waals surface area (Å²) < 4.78 is 47.1. The highest BCUT2D eigenvalue weighted by Gasteiger charge is 2.48. The van der Waals surface area contributed by atoms with Gasteiger partial charge in [0.15, 0.2) is 5.82 Å². The average molecular weight is 497 g/mol. The van der Waals surface area contributed by atoms with Crippen LogP contribution >= 0.6 is 0 Å². The summed E-state index contributed by atoms with van der Waals surface area (Å²) in [5.41, 5.74) is 7.47. The molecule has 1 aromatic carbocycles. The molecule has 2 aliphatic rings. The number of aromatic nitrogens is 4. The predicted molar refractivity (Wildman–Crippen MR) is 129 cm³/mol. The predicted octanol–water partition coefficient (Wildman–Crippen LogP) is 3.58. The number of halogens is 3. The zero-order valence-electron chi connectivity index (χ0n) is 20.0. The van der Waals surface area contributed by atoms with Crippen LogP contribution in [-0.4, -0.2) is 63.1 Å². The minimum atomic E-state index is -3.14. The van der Waals surface area contributed by atoms with Gasteiger partial charge in [-0.05, 0) is 56.6 Å². The molecule has 8 nitrogen and oxygen atoms in total. The van der Waals surface area contributed by atoms with E-state index in [1.165, 1.54) is 17.3 Å². The van der Waals surface area contributed by atoms with E-state index < -0.39 is 18.4 Å². The van der Waals surface area contributed by atoms with Gasteiger partial charge in [0.25, 0.3) is 5.92 Å². The molecule has 0 radical (unpaired) electrons. The Morgan fingerprint density at radius 3 is 2.67 bits per heavy atom. The van der Waals surface area contributed by atoms with Gasteiger partial charge in [0.2, 0.25) is 0 Å². The van der Waals surface area contributed by atoms with Crippen LogP contribution in [0, 0.1) is 24.1 Å². The monoisotopic (exact) mass is 496 g/mol. The molecule has 0 amide bonds. The Bertz CT molecular complexity index is 1310. The molecule has 0 spiro atoms. The van der Waals surface area contributed by atoms with Crippen molar-refractivity contribution in [3.63, 3.8) is 0 Å². The van der Waals surface area contributed by atoms with E-state index in [0.717, 1.165) is 26.1 Å². The van der Waals surface area contributed by atoms with Crippen LogP contribution in [0.25, 0.3) is 11.3 Å². The zero-order valence-corrected chi connectivity index (χ0v) is 20.0. The van der Waals surface area contributed by atoms with E-state index in [1.54, 1.807) is 25.3 Å². The number of hydrogen-bond donors (Lipinski definition) is 1. The second-order valence-electron chi connectivity index (χ2n) is 9.43. The highest BCUT2D eigenvalue weighted by molar-refractivity contribution is 5.64. The summed E-state index contributed by atoms with van der Waals surface area (Å²) in [6.45, 7) is 4.61. The van der Waals surface area contributed by atoms with Crippen molar-refractivity contribution in [1.82, 2.24) is 24.4 Å². The van der Waals surface area contributed by atoms with Gasteiger partial charge in [-0.15, -0.1) is 0 Å². The van der Waals surface area contributed by atoms with Crippen molar-refractivity contribution < 1.29 is 13.2 Å². The van der Waals surface area contributed by atoms with Crippen LogP contribution in [0.1, 0.15) is 35.7 Å². The topological polar surface area (TPSA) is 99.9 Å². The molecule has 2 fully saturated rings. The van der Waals surface area contributed by atoms with Gasteiger partial charge < -0.3 is 20.1 Å². The van der Waals surface area contributed by atoms with Crippen LogP contribution in [0.15, 0.2) is 30.7 Å². The number of nitrogens with two attached hydrogens (primary N) is 1. The Morgan fingerprint density at radius 2 is 2.00 bits per heavy atom. The van der Waals surface area contributed by atoms with Crippen molar-refractivity contribution in [3.8, 4) is 17.3 Å². The van der Waals surface area contributed by atoms with Crippen molar-refractivity contribution in [3.05, 3.63) is 53.5 Å². The average Bonchev–Trinajstić information content (AvgIpc) is 3.22. The number of nitrogen functional groups attached to an aromatic ring is 1. The number of alkyl halides is 2. The number of hydrogen-bond acceptors (Lipinski definition) is 7. The van der Waals surface area contributed by atoms with E-state index in [-0.39, 0.29) is 36.0 Å². The van der Waals surface area contributed by atoms with Gasteiger partial charge in [0.05, 0.1) is 18.2 Å². The molecule has 36 heavy (non-hydrogen) atoms. The molecule has 0 bridgehead atoms. The van der Waals surface area contributed by atoms with Crippen molar-refractivity contribution in [1.29, 1.82) is 5.26 Å². The molecule has 1 unspecified atom stereocenters. The minimum absolute atomic E-state index is 0.00300. The van der Waals surface area contributed by atoms with Gasteiger partial charge in [0, 0.05) is 31.4 Å². The summed E-state index contributed by atoms with van der Waals surface area (Å²) in [5, 5.41) is 9.44. The summed E-state index contributed by atoms with van der Waals surface area (Å²) in [4.78, 5) is 16.2. The molecular weight excluding hydrogens is 469 g/mol. The molecule has 1 atom stereocenters. The standard InChI is InChI=1S/C25H27F3N8/c1-16-11-17(3-4-20(16)26)21-13-35(10-9-34-6-2-7-34)24(33-21)19-5-8-36(14-25(19,27)28)23-18(12-29)22(30)31-15-32-23/h3-4,11,13,15,19H,2,5-10,14H2,1H3,(H2,30,31,32). The van der Waals surface area contributed by atoms with Crippen molar-refractivity contribution in [2.24, 2.45) is 0 Å². The molecule has 2 aliphatic heterocycles. The molecule has 0 saturated carbocycles. The van der Waals surface area contributed by atoms with Crippen LogP contribution in [-0.2, 0) is 6.54 Å². The maximum Gasteiger partial charge on any atom is 0.275 e. The van der Waals surface area contributed by atoms with Crippen LogP contribution < -0.4 is 10.6 Å². The molecule has 0 aliphatic carbocycles. The first-order valence-electron chi connectivity index (χ1n) is 12.0. The second-order valence-corrected chi connectivity index (χ2v) is 9.43. The largest absolute Gasteiger partial charge is 0.382 e. The van der Waals surface area contributed by atoms with E-state index >= 15 is 8.78 Å². The van der Waals surface area contributed by atoms with Gasteiger partial charge >= 0.3 is 0 Å². The van der Waals surface area contributed by atoms with Crippen molar-refractivity contribution in [2.75, 3.05) is 43.4 Å². The number of rotatable bonds is 6. The fourth-order valence-corrected chi connectivity index (χ4v) is 4.86. The van der Waals surface area contributed by atoms with Crippen molar-refractivity contribution in [2.45, 2.75) is 38.2 Å². The number of anilines is 2. The SMILES string of the molecule is Cc1cc(-c2cn(CCN3CCC3)c(C3CCN(c4ncnc(N)c4C#N)CC3(F)F)n2)ccc1F. The quantitative estimate of drug-likeness (QED) is 0.557. The molecule has 2 N–H and O–H groups in total. The first kappa shape index (κ1) is 24.1. The molecule has 11 heteroatoms. The molecule has 4 heterocycles. The fraction of sp³-hybridized carbons (Fsp3) is 0.440. The lowest BCUT2D eigenvalue weighted by molar-refractivity contribution is -0.0369. The number of likely N-dealkylation sites (tertiary alicyclic amines) is 1. The number of nitrogens with zero attached hydrogens (tertiary/aromatic N) is 7. The third-order valence-electron chi connectivity index (χ3n) is 7.05. The molecular formula is C25H27F3N8. The highest BCUT2D eigenvalue weighted by atomic mass is 19.3. The van der Waals surface area contributed by atoms with Crippen LogP contribution in [0.4, 0.5) is 24.8 Å². The number of nitriles is 1. The second kappa shape index (κ2) is 9.43. The molecule has 2 saturated heterocycles. The van der Waals surface area contributed by atoms with E-state index in [1.807, 2.05) is 10.6 Å². The number of benzene rings is 1. The summed E-state index contributed by atoms with van der Waals surface area (Å²) in [5.74, 6) is -4.18. The van der Waals surface area contributed by atoms with Gasteiger partial charge in [0.1, 0.15) is 35.4 Å². The lowest BCUT2D eigenvalue weighted by atomic mass is 9.91. The van der Waals surface area contributed by atoms with E-state index in [9.17, 15) is 9.65 Å². The number of piperidine rings is 1. The first-order valence-corrected chi connectivity index (χ1v) is 12.0. The van der Waals surface area contributed by atoms with Gasteiger partial charge in [-0.3, -0.25) is 0 Å². The third-order valence-corrected chi connectivity index (χ3v) is 7.05. The maximum absolute atomic E-state index is 15.7. The normalized spacial score (nSPS) is 19.6. The lowest BCUT2D eigenvalue weighted by Crippen LogP contribution is -2.49. The van der Waals surface area contributed by atoms with Gasteiger partial charge in [-0.2, -0.15) is 5.26 Å². The Morgan fingerprint density at radius 1 is 1.19 bits per heavy atom. The smallest absolute Gasteiger partial charge is 0.275 e. The lowest BCUT2D eigenvalue weighted by Gasteiger charge is -2.39. The fourth-order valence-electron chi connectivity index (χ4n) is 4.86. The molecule has 5 rings (SSSR count). The van der Waals surface area contributed by atoms with Crippen LogP contribution in [0.5, 0.6) is 0 Å². The number of aryl methyl sites for hydroxylation is 1. The highest BCUT2D eigenvalue weighted by Crippen LogP contribution is 2.42. The minimum Gasteiger partial charge on any atom is -0.382 e. The van der Waals surface area contributed by atoms with Crippen molar-refractivity contribution >= 4 is 11.6 Å². The van der Waals surface area contributed by atoms with Gasteiger partial charge in [-0.1, -0.05) is 0 Å². The van der Waals surface area contributed by atoms with E-state index in [4.69, 9.17) is 5.73 Å². The van der Waals surface area contributed by atoms with E-state index in [0.29, 0.717) is 29.2 Å². The number of imidazole rings is 1. The Balaban J connectivity index is 1.46. The van der Waals surface area contributed by atoms with Crippen LogP contribution in [0.2, 0.25) is 0 Å². The summed E-state index contributed by atoms with van der Waals surface area (Å²) >= 11 is 0. The summed E-state index contributed by atoms with van der Waals surface area (Å²) in [7, 11) is 0.